The van der Waals surface area contributed by atoms with Crippen molar-refractivity contribution in [3.05, 3.63) is 40.1 Å². The van der Waals surface area contributed by atoms with Gasteiger partial charge in [0.05, 0.1) is 5.69 Å². The van der Waals surface area contributed by atoms with Gasteiger partial charge < -0.3 is 4.90 Å². The maximum atomic E-state index is 6.45. The van der Waals surface area contributed by atoms with Gasteiger partial charge in [0.1, 0.15) is 0 Å². The summed E-state index contributed by atoms with van der Waals surface area (Å²) >= 11 is 18.7. The van der Waals surface area contributed by atoms with Gasteiger partial charge in [-0.15, -0.1) is 16.7 Å². The summed E-state index contributed by atoms with van der Waals surface area (Å²) in [6.45, 7) is 5.55. The molecule has 8 heteroatoms. The minimum Gasteiger partial charge on any atom is -0.303 e. The first-order chi connectivity index (χ1) is 14.1. The van der Waals surface area contributed by atoms with Crippen molar-refractivity contribution in [1.82, 2.24) is 24.5 Å². The molecular formula is C21H26Cl3N5. The zero-order valence-corrected chi connectivity index (χ0v) is 18.9. The molecule has 0 aromatic carbocycles. The SMILES string of the molecule is CC/C=C(\C(Cl)=C/CCl)c1cc2nc(C3CCN(CC4CC4)CC3)nn2c(Cl)n1. The van der Waals surface area contributed by atoms with Gasteiger partial charge in [-0.2, -0.15) is 4.52 Å². The van der Waals surface area contributed by atoms with Crippen LogP contribution in [0.1, 0.15) is 56.5 Å². The lowest BCUT2D eigenvalue weighted by Crippen LogP contribution is -2.34. The van der Waals surface area contributed by atoms with E-state index in [9.17, 15) is 0 Å². The van der Waals surface area contributed by atoms with Gasteiger partial charge >= 0.3 is 0 Å². The normalized spacial score (nSPS) is 20.0. The van der Waals surface area contributed by atoms with Gasteiger partial charge in [0.15, 0.2) is 11.5 Å². The predicted octanol–water partition coefficient (Wildman–Crippen LogP) is 5.52. The number of alkyl halides is 1. The van der Waals surface area contributed by atoms with E-state index in [0.29, 0.717) is 33.5 Å². The Morgan fingerprint density at radius 3 is 2.59 bits per heavy atom. The maximum Gasteiger partial charge on any atom is 0.226 e. The van der Waals surface area contributed by atoms with Gasteiger partial charge in [0.25, 0.3) is 0 Å². The standard InChI is InChI=1S/C21H26Cl3N5/c1-2-3-16(17(23)6-9-22)18-12-19-26-20(27-29(19)21(24)25-18)15-7-10-28(11-8-15)13-14-4-5-14/h3,6,12,14-15H,2,4-5,7-11,13H2,1H3/b16-3+,17-6+. The molecule has 5 nitrogen and oxygen atoms in total. The number of rotatable bonds is 7. The number of hydrogen-bond acceptors (Lipinski definition) is 4. The second kappa shape index (κ2) is 9.34. The van der Waals surface area contributed by atoms with Crippen LogP contribution in [0.3, 0.4) is 0 Å². The predicted molar refractivity (Wildman–Crippen MR) is 120 cm³/mol. The van der Waals surface area contributed by atoms with Crippen LogP contribution in [0.25, 0.3) is 11.2 Å². The van der Waals surface area contributed by atoms with Crippen molar-refractivity contribution in [3.63, 3.8) is 0 Å². The minimum atomic E-state index is 0.291. The van der Waals surface area contributed by atoms with E-state index in [4.69, 9.17) is 39.8 Å². The van der Waals surface area contributed by atoms with E-state index < -0.39 is 0 Å². The number of likely N-dealkylation sites (tertiary alicyclic amines) is 1. The highest BCUT2D eigenvalue weighted by atomic mass is 35.5. The fourth-order valence-electron chi connectivity index (χ4n) is 3.93. The van der Waals surface area contributed by atoms with Crippen LogP contribution >= 0.6 is 34.8 Å². The molecule has 1 aliphatic carbocycles. The molecule has 0 amide bonds. The molecule has 0 bridgehead atoms. The van der Waals surface area contributed by atoms with Gasteiger partial charge in [-0.05, 0) is 62.7 Å². The molecule has 0 N–H and O–H groups in total. The summed E-state index contributed by atoms with van der Waals surface area (Å²) < 4.78 is 1.62. The smallest absolute Gasteiger partial charge is 0.226 e. The van der Waals surface area contributed by atoms with Crippen molar-refractivity contribution in [1.29, 1.82) is 0 Å². The monoisotopic (exact) mass is 453 g/mol. The van der Waals surface area contributed by atoms with Crippen molar-refractivity contribution in [2.24, 2.45) is 5.92 Å². The highest BCUT2D eigenvalue weighted by molar-refractivity contribution is 6.37. The first-order valence-corrected chi connectivity index (χ1v) is 11.7. The zero-order chi connectivity index (χ0) is 20.4. The molecule has 1 saturated heterocycles. The molecular weight excluding hydrogens is 429 g/mol. The molecule has 29 heavy (non-hydrogen) atoms. The lowest BCUT2D eigenvalue weighted by molar-refractivity contribution is 0.202. The van der Waals surface area contributed by atoms with Crippen molar-refractivity contribution < 1.29 is 0 Å². The van der Waals surface area contributed by atoms with Crippen LogP contribution in [0.15, 0.2) is 23.3 Å². The molecule has 3 heterocycles. The molecule has 0 radical (unpaired) electrons. The lowest BCUT2D eigenvalue weighted by atomic mass is 9.96. The van der Waals surface area contributed by atoms with Gasteiger partial charge in [0, 0.05) is 35.0 Å². The Balaban J connectivity index is 1.57. The van der Waals surface area contributed by atoms with E-state index >= 15 is 0 Å². The molecule has 1 saturated carbocycles. The third kappa shape index (κ3) is 4.96. The van der Waals surface area contributed by atoms with Crippen molar-refractivity contribution in [2.45, 2.75) is 44.9 Å². The third-order valence-corrected chi connectivity index (χ3v) is 6.42. The second-order valence-corrected chi connectivity index (χ2v) is 8.95. The molecule has 2 aliphatic rings. The number of allylic oxidation sites excluding steroid dienone is 4. The minimum absolute atomic E-state index is 0.291. The van der Waals surface area contributed by atoms with E-state index in [1.807, 2.05) is 12.1 Å². The third-order valence-electron chi connectivity index (χ3n) is 5.67. The Labute approximate surface area is 186 Å². The van der Waals surface area contributed by atoms with Crippen LogP contribution in [0.2, 0.25) is 5.28 Å². The summed E-state index contributed by atoms with van der Waals surface area (Å²) in [4.78, 5) is 11.9. The Kier molecular flexibility index (Phi) is 6.80. The number of hydrogen-bond donors (Lipinski definition) is 0. The van der Waals surface area contributed by atoms with Crippen molar-refractivity contribution in [2.75, 3.05) is 25.5 Å². The maximum absolute atomic E-state index is 6.45. The number of fused-ring (bicyclic) bond motifs is 1. The van der Waals surface area contributed by atoms with Gasteiger partial charge in [-0.25, -0.2) is 9.97 Å². The fraction of sp³-hybridized carbons (Fsp3) is 0.571. The van der Waals surface area contributed by atoms with Crippen molar-refractivity contribution in [3.8, 4) is 0 Å². The van der Waals surface area contributed by atoms with Crippen LogP contribution in [-0.4, -0.2) is 50.0 Å². The first kappa shape index (κ1) is 21.1. The largest absolute Gasteiger partial charge is 0.303 e. The van der Waals surface area contributed by atoms with Crippen LogP contribution in [0, 0.1) is 5.92 Å². The Morgan fingerprint density at radius 1 is 1.17 bits per heavy atom. The zero-order valence-electron chi connectivity index (χ0n) is 16.6. The van der Waals surface area contributed by atoms with E-state index in [2.05, 4.69) is 21.9 Å². The lowest BCUT2D eigenvalue weighted by Gasteiger charge is -2.30. The Bertz CT molecular complexity index is 924. The Morgan fingerprint density at radius 2 is 1.93 bits per heavy atom. The molecule has 0 unspecified atom stereocenters. The summed E-state index contributed by atoms with van der Waals surface area (Å²) in [7, 11) is 0. The molecule has 0 spiro atoms. The summed E-state index contributed by atoms with van der Waals surface area (Å²) in [6.07, 6.45) is 9.59. The molecule has 0 atom stereocenters. The molecule has 2 aromatic rings. The molecule has 2 aromatic heterocycles. The number of nitrogens with zero attached hydrogens (tertiary/aromatic N) is 5. The first-order valence-electron chi connectivity index (χ1n) is 10.4. The number of aromatic nitrogens is 4. The topological polar surface area (TPSA) is 46.3 Å². The van der Waals surface area contributed by atoms with E-state index in [1.165, 1.54) is 19.4 Å². The van der Waals surface area contributed by atoms with Crippen LogP contribution in [-0.2, 0) is 0 Å². The van der Waals surface area contributed by atoms with Gasteiger partial charge in [-0.1, -0.05) is 30.7 Å². The van der Waals surface area contributed by atoms with Gasteiger partial charge in [0.2, 0.25) is 5.28 Å². The molecule has 1 aliphatic heterocycles. The number of halogens is 3. The van der Waals surface area contributed by atoms with Gasteiger partial charge in [-0.3, -0.25) is 0 Å². The fourth-order valence-corrected chi connectivity index (χ4v) is 4.63. The van der Waals surface area contributed by atoms with Crippen LogP contribution < -0.4 is 0 Å². The molecule has 4 rings (SSSR count). The van der Waals surface area contributed by atoms with Crippen LogP contribution in [0.4, 0.5) is 0 Å². The molecule has 156 valence electrons. The summed E-state index contributed by atoms with van der Waals surface area (Å²) in [5.41, 5.74) is 2.21. The quantitative estimate of drug-likeness (QED) is 0.314. The van der Waals surface area contributed by atoms with E-state index in [0.717, 1.165) is 49.7 Å². The highest BCUT2D eigenvalue weighted by Gasteiger charge is 2.29. The van der Waals surface area contributed by atoms with Crippen molar-refractivity contribution >= 4 is 46.0 Å². The summed E-state index contributed by atoms with van der Waals surface area (Å²) in [5.74, 6) is 2.51. The second-order valence-electron chi connectivity index (χ2n) is 7.90. The van der Waals surface area contributed by atoms with Crippen LogP contribution in [0.5, 0.6) is 0 Å². The average Bonchev–Trinajstić information content (AvgIpc) is 3.41. The summed E-state index contributed by atoms with van der Waals surface area (Å²) in [5, 5.41) is 5.52. The van der Waals surface area contributed by atoms with E-state index in [-0.39, 0.29) is 0 Å². The highest BCUT2D eigenvalue weighted by Crippen LogP contribution is 2.33. The average molecular weight is 455 g/mol. The Hall–Kier alpha value is -1.14. The van der Waals surface area contributed by atoms with E-state index in [1.54, 1.807) is 10.6 Å². The number of piperidine rings is 1. The molecule has 2 fully saturated rings. The summed E-state index contributed by atoms with van der Waals surface area (Å²) in [6, 6.07) is 1.90.